The van der Waals surface area contributed by atoms with Gasteiger partial charge in [0.15, 0.2) is 0 Å². The Morgan fingerprint density at radius 1 is 1.38 bits per heavy atom. The van der Waals surface area contributed by atoms with E-state index in [4.69, 9.17) is 4.74 Å². The Bertz CT molecular complexity index is 618. The van der Waals surface area contributed by atoms with E-state index >= 15 is 0 Å². The number of hydrogen-bond donors (Lipinski definition) is 0. The monoisotopic (exact) mass is 353 g/mol. The van der Waals surface area contributed by atoms with E-state index in [2.05, 4.69) is 11.8 Å². The molecule has 2 heterocycles. The first-order valence-electron chi connectivity index (χ1n) is 8.55. The second-order valence-electron chi connectivity index (χ2n) is 7.03. The molecule has 1 aromatic rings. The maximum Gasteiger partial charge on any atom is 0.338 e. The number of allylic oxidation sites excluding steroid dienone is 1. The van der Waals surface area contributed by atoms with Gasteiger partial charge in [0.2, 0.25) is 0 Å². The van der Waals surface area contributed by atoms with Crippen LogP contribution in [0.15, 0.2) is 11.0 Å². The quantitative estimate of drug-likeness (QED) is 0.709. The van der Waals surface area contributed by atoms with Crippen molar-refractivity contribution in [1.29, 1.82) is 0 Å². The van der Waals surface area contributed by atoms with Crippen molar-refractivity contribution in [1.82, 2.24) is 4.90 Å². The molecular formula is C19H28FNO2S. The zero-order chi connectivity index (χ0) is 17.9. The molecule has 1 aromatic heterocycles. The number of hydrogen-bond acceptors (Lipinski definition) is 4. The first-order chi connectivity index (χ1) is 11.3. The number of piperidine rings is 1. The van der Waals surface area contributed by atoms with Gasteiger partial charge in [-0.25, -0.2) is 9.18 Å². The largest absolute Gasteiger partial charge is 0.465 e. The number of ether oxygens (including phenoxy) is 1. The molecule has 134 valence electrons. The molecule has 0 radical (unpaired) electrons. The Kier molecular flexibility index (Phi) is 6.21. The number of methoxy groups -OCH3 is 1. The van der Waals surface area contributed by atoms with Gasteiger partial charge in [0, 0.05) is 29.9 Å². The third-order valence-electron chi connectivity index (χ3n) is 4.56. The SMILES string of the molecule is CCC(=C1CCN(CC(C)(C)F)CC1)c1scc(C(=O)OC)c1C. The highest BCUT2D eigenvalue weighted by Gasteiger charge is 2.25. The average Bonchev–Trinajstić information content (AvgIpc) is 2.89. The summed E-state index contributed by atoms with van der Waals surface area (Å²) in [4.78, 5) is 15.2. The number of likely N-dealkylation sites (tertiary alicyclic amines) is 1. The average molecular weight is 354 g/mol. The van der Waals surface area contributed by atoms with Gasteiger partial charge < -0.3 is 4.74 Å². The predicted molar refractivity (Wildman–Crippen MR) is 98.5 cm³/mol. The molecule has 0 atom stereocenters. The van der Waals surface area contributed by atoms with E-state index in [1.807, 2.05) is 12.3 Å². The van der Waals surface area contributed by atoms with Crippen LogP contribution in [0, 0.1) is 6.92 Å². The van der Waals surface area contributed by atoms with Crippen LogP contribution in [0.1, 0.15) is 60.8 Å². The van der Waals surface area contributed by atoms with E-state index in [0.717, 1.165) is 37.9 Å². The Morgan fingerprint density at radius 3 is 2.50 bits per heavy atom. The van der Waals surface area contributed by atoms with Crippen LogP contribution < -0.4 is 0 Å². The number of halogens is 1. The lowest BCUT2D eigenvalue weighted by atomic mass is 9.93. The molecule has 0 bridgehead atoms. The molecule has 2 rings (SSSR count). The topological polar surface area (TPSA) is 29.5 Å². The van der Waals surface area contributed by atoms with Crippen LogP contribution in [0.25, 0.3) is 5.57 Å². The van der Waals surface area contributed by atoms with Crippen molar-refractivity contribution >= 4 is 22.9 Å². The summed E-state index contributed by atoms with van der Waals surface area (Å²) in [7, 11) is 1.42. The van der Waals surface area contributed by atoms with Gasteiger partial charge in [-0.05, 0) is 51.2 Å². The van der Waals surface area contributed by atoms with Gasteiger partial charge in [-0.1, -0.05) is 12.5 Å². The van der Waals surface area contributed by atoms with E-state index in [-0.39, 0.29) is 5.97 Å². The Hall–Kier alpha value is -1.20. The first-order valence-corrected chi connectivity index (χ1v) is 9.43. The summed E-state index contributed by atoms with van der Waals surface area (Å²) in [5, 5.41) is 1.90. The third kappa shape index (κ3) is 4.45. The number of carbonyl (C=O) groups excluding carboxylic acids is 1. The van der Waals surface area contributed by atoms with E-state index in [0.29, 0.717) is 12.1 Å². The number of nitrogens with zero attached hydrogens (tertiary/aromatic N) is 1. The fourth-order valence-electron chi connectivity index (χ4n) is 3.41. The number of thiophene rings is 1. The minimum absolute atomic E-state index is 0.268. The molecule has 0 unspecified atom stereocenters. The Morgan fingerprint density at radius 2 is 2.00 bits per heavy atom. The van der Waals surface area contributed by atoms with Gasteiger partial charge in [0.25, 0.3) is 0 Å². The number of rotatable bonds is 5. The fraction of sp³-hybridized carbons (Fsp3) is 0.632. The third-order valence-corrected chi connectivity index (χ3v) is 5.70. The Labute approximate surface area is 148 Å². The van der Waals surface area contributed by atoms with Gasteiger partial charge >= 0.3 is 5.97 Å². The maximum atomic E-state index is 13.8. The predicted octanol–water partition coefficient (Wildman–Crippen LogP) is 4.85. The van der Waals surface area contributed by atoms with Crippen LogP contribution in [0.3, 0.4) is 0 Å². The molecular weight excluding hydrogens is 325 g/mol. The van der Waals surface area contributed by atoms with Crippen LogP contribution in [-0.4, -0.2) is 43.3 Å². The van der Waals surface area contributed by atoms with Crippen LogP contribution in [-0.2, 0) is 4.74 Å². The summed E-state index contributed by atoms with van der Waals surface area (Å²) in [6.45, 7) is 9.73. The summed E-state index contributed by atoms with van der Waals surface area (Å²) < 4.78 is 18.7. The summed E-state index contributed by atoms with van der Waals surface area (Å²) in [6, 6.07) is 0. The van der Waals surface area contributed by atoms with E-state index in [9.17, 15) is 9.18 Å². The van der Waals surface area contributed by atoms with Crippen molar-refractivity contribution in [3.8, 4) is 0 Å². The Balaban J connectivity index is 2.19. The number of alkyl halides is 1. The smallest absolute Gasteiger partial charge is 0.338 e. The first kappa shape index (κ1) is 19.1. The molecule has 5 heteroatoms. The van der Waals surface area contributed by atoms with Gasteiger partial charge in [0.1, 0.15) is 5.67 Å². The zero-order valence-electron chi connectivity index (χ0n) is 15.4. The van der Waals surface area contributed by atoms with Crippen molar-refractivity contribution < 1.29 is 13.9 Å². The summed E-state index contributed by atoms with van der Waals surface area (Å²) in [5.74, 6) is -0.268. The van der Waals surface area contributed by atoms with Gasteiger partial charge in [0.05, 0.1) is 12.7 Å². The molecule has 0 aromatic carbocycles. The normalized spacial score (nSPS) is 16.3. The molecule has 1 fully saturated rings. The van der Waals surface area contributed by atoms with Crippen molar-refractivity contribution in [2.24, 2.45) is 0 Å². The van der Waals surface area contributed by atoms with Crippen molar-refractivity contribution in [3.63, 3.8) is 0 Å². The molecule has 0 aliphatic carbocycles. The number of carbonyl (C=O) groups is 1. The summed E-state index contributed by atoms with van der Waals surface area (Å²) in [5.41, 5.74) is 3.34. The molecule has 24 heavy (non-hydrogen) atoms. The second-order valence-corrected chi connectivity index (χ2v) is 7.91. The van der Waals surface area contributed by atoms with Crippen LogP contribution in [0.5, 0.6) is 0 Å². The molecule has 1 aliphatic rings. The molecule has 0 spiro atoms. The number of esters is 1. The molecule has 3 nitrogen and oxygen atoms in total. The van der Waals surface area contributed by atoms with Crippen LogP contribution >= 0.6 is 11.3 Å². The van der Waals surface area contributed by atoms with Crippen molar-refractivity contribution in [2.45, 2.75) is 52.6 Å². The van der Waals surface area contributed by atoms with E-state index in [1.54, 1.807) is 25.2 Å². The molecule has 0 saturated carbocycles. The highest BCUT2D eigenvalue weighted by Crippen LogP contribution is 2.36. The standard InChI is InChI=1S/C19H28FNO2S/c1-6-15(17-13(2)16(11-24-17)18(22)23-5)14-7-9-21(10-8-14)12-19(3,4)20/h11H,6-10,12H2,1-5H3. The molecule has 1 aliphatic heterocycles. The highest BCUT2D eigenvalue weighted by molar-refractivity contribution is 7.11. The van der Waals surface area contributed by atoms with Crippen LogP contribution in [0.2, 0.25) is 0 Å². The summed E-state index contributed by atoms with van der Waals surface area (Å²) in [6.07, 6.45) is 2.90. The molecule has 0 amide bonds. The van der Waals surface area contributed by atoms with Crippen molar-refractivity contribution in [2.75, 3.05) is 26.7 Å². The minimum Gasteiger partial charge on any atom is -0.465 e. The van der Waals surface area contributed by atoms with E-state index in [1.165, 1.54) is 23.1 Å². The van der Waals surface area contributed by atoms with Crippen molar-refractivity contribution in [3.05, 3.63) is 27.0 Å². The lowest BCUT2D eigenvalue weighted by molar-refractivity contribution is 0.0600. The van der Waals surface area contributed by atoms with Gasteiger partial charge in [-0.3, -0.25) is 4.90 Å². The lowest BCUT2D eigenvalue weighted by Gasteiger charge is -2.32. The fourth-order valence-corrected chi connectivity index (χ4v) is 4.64. The molecule has 0 N–H and O–H groups in total. The zero-order valence-corrected chi connectivity index (χ0v) is 16.2. The van der Waals surface area contributed by atoms with Gasteiger partial charge in [-0.15, -0.1) is 11.3 Å². The second kappa shape index (κ2) is 7.79. The maximum absolute atomic E-state index is 13.8. The molecule has 1 saturated heterocycles. The van der Waals surface area contributed by atoms with Crippen LogP contribution in [0.4, 0.5) is 4.39 Å². The lowest BCUT2D eigenvalue weighted by Crippen LogP contribution is -2.39. The van der Waals surface area contributed by atoms with E-state index < -0.39 is 5.67 Å². The minimum atomic E-state index is -1.14. The van der Waals surface area contributed by atoms with Gasteiger partial charge in [-0.2, -0.15) is 0 Å². The summed E-state index contributed by atoms with van der Waals surface area (Å²) >= 11 is 1.62. The highest BCUT2D eigenvalue weighted by atomic mass is 32.1.